The SMILES string of the molecule is C=CCN(CC=C)C(=O)CC1(c2cccc(F)c2)CC(=O)N(Cc2cccnc2)C1=O. The Kier molecular flexibility index (Phi) is 6.74. The zero-order valence-corrected chi connectivity index (χ0v) is 17.2. The average Bonchev–Trinajstić information content (AvgIpc) is 2.99. The van der Waals surface area contributed by atoms with E-state index in [1.54, 1.807) is 42.7 Å². The lowest BCUT2D eigenvalue weighted by Crippen LogP contribution is -2.43. The second-order valence-corrected chi connectivity index (χ2v) is 7.47. The molecule has 1 unspecified atom stereocenters. The molecule has 1 atom stereocenters. The van der Waals surface area contributed by atoms with E-state index in [9.17, 15) is 18.8 Å². The molecule has 2 aromatic rings. The van der Waals surface area contributed by atoms with Gasteiger partial charge < -0.3 is 4.90 Å². The van der Waals surface area contributed by atoms with E-state index in [4.69, 9.17) is 0 Å². The number of amides is 3. The Morgan fingerprint density at radius 2 is 1.94 bits per heavy atom. The predicted octanol–water partition coefficient (Wildman–Crippen LogP) is 3.01. The van der Waals surface area contributed by atoms with Crippen molar-refractivity contribution in [1.82, 2.24) is 14.8 Å². The van der Waals surface area contributed by atoms with Gasteiger partial charge in [-0.3, -0.25) is 24.3 Å². The number of hydrogen-bond donors (Lipinski definition) is 0. The molecule has 6 nitrogen and oxygen atoms in total. The van der Waals surface area contributed by atoms with E-state index in [-0.39, 0.29) is 38.4 Å². The Morgan fingerprint density at radius 3 is 2.55 bits per heavy atom. The van der Waals surface area contributed by atoms with Gasteiger partial charge in [0.25, 0.3) is 0 Å². The van der Waals surface area contributed by atoms with Crippen molar-refractivity contribution in [3.05, 3.63) is 91.0 Å². The fraction of sp³-hybridized carbons (Fsp3) is 0.250. The van der Waals surface area contributed by atoms with Crippen molar-refractivity contribution in [2.75, 3.05) is 13.1 Å². The van der Waals surface area contributed by atoms with Crippen molar-refractivity contribution in [2.45, 2.75) is 24.8 Å². The highest BCUT2D eigenvalue weighted by Gasteiger charge is 2.54. The van der Waals surface area contributed by atoms with Gasteiger partial charge in [0.2, 0.25) is 17.7 Å². The minimum absolute atomic E-state index is 0.0415. The van der Waals surface area contributed by atoms with Crippen LogP contribution < -0.4 is 0 Å². The molecule has 1 fully saturated rings. The normalized spacial score (nSPS) is 18.2. The molecule has 0 aliphatic carbocycles. The molecular weight excluding hydrogens is 397 g/mol. The van der Waals surface area contributed by atoms with Crippen LogP contribution in [0, 0.1) is 5.82 Å². The quantitative estimate of drug-likeness (QED) is 0.461. The highest BCUT2D eigenvalue weighted by molar-refractivity contribution is 6.10. The highest BCUT2D eigenvalue weighted by Crippen LogP contribution is 2.41. The number of carbonyl (C=O) groups is 3. The van der Waals surface area contributed by atoms with Crippen molar-refractivity contribution in [2.24, 2.45) is 0 Å². The first kappa shape index (κ1) is 22.1. The molecule has 1 aromatic heterocycles. The second-order valence-electron chi connectivity index (χ2n) is 7.47. The number of benzene rings is 1. The highest BCUT2D eigenvalue weighted by atomic mass is 19.1. The molecule has 0 spiro atoms. The molecular formula is C24H24FN3O3. The number of halogens is 1. The number of likely N-dealkylation sites (tertiary alicyclic amines) is 1. The predicted molar refractivity (Wildman–Crippen MR) is 114 cm³/mol. The lowest BCUT2D eigenvalue weighted by atomic mass is 9.75. The van der Waals surface area contributed by atoms with Crippen LogP contribution in [0.3, 0.4) is 0 Å². The number of pyridine rings is 1. The Hall–Kier alpha value is -3.61. The lowest BCUT2D eigenvalue weighted by molar-refractivity contribution is -0.143. The number of aromatic nitrogens is 1. The van der Waals surface area contributed by atoms with E-state index in [0.717, 1.165) is 4.90 Å². The van der Waals surface area contributed by atoms with Crippen LogP contribution in [0.15, 0.2) is 74.1 Å². The van der Waals surface area contributed by atoms with Crippen molar-refractivity contribution >= 4 is 17.7 Å². The van der Waals surface area contributed by atoms with Crippen LogP contribution in [0.25, 0.3) is 0 Å². The minimum atomic E-state index is -1.47. The molecule has 160 valence electrons. The fourth-order valence-electron chi connectivity index (χ4n) is 3.85. The summed E-state index contributed by atoms with van der Waals surface area (Å²) in [6, 6.07) is 9.01. The average molecular weight is 421 g/mol. The van der Waals surface area contributed by atoms with Crippen molar-refractivity contribution in [3.63, 3.8) is 0 Å². The van der Waals surface area contributed by atoms with Gasteiger partial charge in [0.1, 0.15) is 5.82 Å². The third kappa shape index (κ3) is 4.60. The molecule has 2 heterocycles. The molecule has 7 heteroatoms. The third-order valence-electron chi connectivity index (χ3n) is 5.35. The Bertz CT molecular complexity index is 998. The molecule has 3 amide bonds. The summed E-state index contributed by atoms with van der Waals surface area (Å²) in [7, 11) is 0. The summed E-state index contributed by atoms with van der Waals surface area (Å²) in [6.45, 7) is 7.89. The van der Waals surface area contributed by atoms with Crippen molar-refractivity contribution in [3.8, 4) is 0 Å². The molecule has 3 rings (SSSR count). The van der Waals surface area contributed by atoms with Gasteiger partial charge in [-0.25, -0.2) is 4.39 Å². The van der Waals surface area contributed by atoms with E-state index in [2.05, 4.69) is 18.1 Å². The molecule has 1 aliphatic rings. The van der Waals surface area contributed by atoms with Gasteiger partial charge >= 0.3 is 0 Å². The molecule has 1 saturated heterocycles. The maximum atomic E-state index is 14.1. The maximum absolute atomic E-state index is 14.1. The summed E-state index contributed by atoms with van der Waals surface area (Å²) in [4.78, 5) is 46.2. The first-order chi connectivity index (χ1) is 14.9. The van der Waals surface area contributed by atoms with Crippen LogP contribution >= 0.6 is 0 Å². The number of imide groups is 1. The van der Waals surface area contributed by atoms with E-state index in [0.29, 0.717) is 11.1 Å². The molecule has 1 aliphatic heterocycles. The van der Waals surface area contributed by atoms with Crippen molar-refractivity contribution in [1.29, 1.82) is 0 Å². The Morgan fingerprint density at radius 1 is 1.19 bits per heavy atom. The van der Waals surface area contributed by atoms with Crippen LogP contribution in [-0.4, -0.2) is 45.6 Å². The summed E-state index contributed by atoms with van der Waals surface area (Å²) < 4.78 is 14.1. The molecule has 31 heavy (non-hydrogen) atoms. The molecule has 0 bridgehead atoms. The number of rotatable bonds is 9. The summed E-state index contributed by atoms with van der Waals surface area (Å²) in [5.74, 6) is -1.81. The topological polar surface area (TPSA) is 70.6 Å². The van der Waals surface area contributed by atoms with E-state index >= 15 is 0 Å². The van der Waals surface area contributed by atoms with Crippen LogP contribution in [0.4, 0.5) is 4.39 Å². The second kappa shape index (κ2) is 9.47. The zero-order valence-electron chi connectivity index (χ0n) is 17.2. The van der Waals surface area contributed by atoms with Crippen LogP contribution in [0.5, 0.6) is 0 Å². The van der Waals surface area contributed by atoms with E-state index in [1.807, 2.05) is 0 Å². The largest absolute Gasteiger partial charge is 0.335 e. The van der Waals surface area contributed by atoms with E-state index in [1.165, 1.54) is 23.1 Å². The molecule has 0 saturated carbocycles. The first-order valence-corrected chi connectivity index (χ1v) is 9.90. The Balaban J connectivity index is 2.00. The minimum Gasteiger partial charge on any atom is -0.335 e. The molecule has 0 radical (unpaired) electrons. The monoisotopic (exact) mass is 421 g/mol. The van der Waals surface area contributed by atoms with Crippen LogP contribution in [-0.2, 0) is 26.3 Å². The van der Waals surface area contributed by atoms with Gasteiger partial charge in [-0.1, -0.05) is 30.4 Å². The van der Waals surface area contributed by atoms with Gasteiger partial charge in [-0.05, 0) is 29.3 Å². The van der Waals surface area contributed by atoms with E-state index < -0.39 is 23.0 Å². The number of nitrogens with zero attached hydrogens (tertiary/aromatic N) is 3. The van der Waals surface area contributed by atoms with Crippen LogP contribution in [0.1, 0.15) is 24.0 Å². The Labute approximate surface area is 180 Å². The third-order valence-corrected chi connectivity index (χ3v) is 5.35. The maximum Gasteiger partial charge on any atom is 0.241 e. The molecule has 0 N–H and O–H groups in total. The lowest BCUT2D eigenvalue weighted by Gasteiger charge is -2.30. The number of hydrogen-bond acceptors (Lipinski definition) is 4. The first-order valence-electron chi connectivity index (χ1n) is 9.90. The standard InChI is InChI=1S/C24H24FN3O3/c1-3-11-27(12-4-2)21(29)14-24(19-8-5-9-20(25)13-19)15-22(30)28(23(24)31)17-18-7-6-10-26-16-18/h3-10,13,16H,1-2,11-12,14-15,17H2. The fourth-order valence-corrected chi connectivity index (χ4v) is 3.85. The van der Waals surface area contributed by atoms with Crippen molar-refractivity contribution < 1.29 is 18.8 Å². The van der Waals surface area contributed by atoms with Gasteiger partial charge in [0.15, 0.2) is 0 Å². The summed E-state index contributed by atoms with van der Waals surface area (Å²) in [5.41, 5.74) is -0.477. The molecule has 1 aromatic carbocycles. The van der Waals surface area contributed by atoms with Gasteiger partial charge in [-0.2, -0.15) is 0 Å². The van der Waals surface area contributed by atoms with Gasteiger partial charge in [-0.15, -0.1) is 13.2 Å². The summed E-state index contributed by atoms with van der Waals surface area (Å²) in [6.07, 6.45) is 5.85. The van der Waals surface area contributed by atoms with Crippen LogP contribution in [0.2, 0.25) is 0 Å². The smallest absolute Gasteiger partial charge is 0.241 e. The summed E-state index contributed by atoms with van der Waals surface area (Å²) in [5, 5.41) is 0. The van der Waals surface area contributed by atoms with Gasteiger partial charge in [0, 0.05) is 38.3 Å². The van der Waals surface area contributed by atoms with Gasteiger partial charge in [0.05, 0.1) is 12.0 Å². The summed E-state index contributed by atoms with van der Waals surface area (Å²) >= 11 is 0. The zero-order chi connectivity index (χ0) is 22.4. The number of carbonyl (C=O) groups excluding carboxylic acids is 3.